The van der Waals surface area contributed by atoms with E-state index in [1.165, 1.54) is 0 Å². The monoisotopic (exact) mass is 465 g/mol. The minimum atomic E-state index is -0.897. The van der Waals surface area contributed by atoms with Gasteiger partial charge in [0.25, 0.3) is 5.91 Å². The fourth-order valence-corrected chi connectivity index (χ4v) is 4.06. The average molecular weight is 466 g/mol. The van der Waals surface area contributed by atoms with E-state index >= 15 is 0 Å². The predicted molar refractivity (Wildman–Crippen MR) is 124 cm³/mol. The third kappa shape index (κ3) is 4.73. The van der Waals surface area contributed by atoms with Crippen molar-refractivity contribution in [2.24, 2.45) is 0 Å². The molecule has 0 spiro atoms. The second-order valence-corrected chi connectivity index (χ2v) is 8.10. The van der Waals surface area contributed by atoms with E-state index in [9.17, 15) is 9.59 Å². The van der Waals surface area contributed by atoms with Gasteiger partial charge in [-0.25, -0.2) is 0 Å². The first-order valence-electron chi connectivity index (χ1n) is 11.1. The molecule has 0 N–H and O–H groups in total. The maximum Gasteiger partial charge on any atom is 0.307 e. The number of aryl methyl sites for hydroxylation is 1. The van der Waals surface area contributed by atoms with Crippen LogP contribution in [0, 0.1) is 0 Å². The number of methoxy groups -OCH3 is 2. The first-order chi connectivity index (χ1) is 16.4. The number of nitrogens with zero attached hydrogens (tertiary/aromatic N) is 3. The van der Waals surface area contributed by atoms with Gasteiger partial charge in [-0.05, 0) is 50.1 Å². The number of rotatable bonds is 8. The van der Waals surface area contributed by atoms with Crippen LogP contribution in [0.4, 0.5) is 5.69 Å². The molecule has 9 nitrogen and oxygen atoms in total. The van der Waals surface area contributed by atoms with Gasteiger partial charge in [0, 0.05) is 23.7 Å². The lowest BCUT2D eigenvalue weighted by Gasteiger charge is -2.25. The van der Waals surface area contributed by atoms with Crippen molar-refractivity contribution in [3.05, 3.63) is 53.9 Å². The summed E-state index contributed by atoms with van der Waals surface area (Å²) in [6, 6.07) is 13.1. The van der Waals surface area contributed by atoms with Crippen LogP contribution in [0.15, 0.2) is 47.0 Å². The van der Waals surface area contributed by atoms with E-state index in [-0.39, 0.29) is 24.8 Å². The molecular formula is C25H27N3O6. The average Bonchev–Trinajstić information content (AvgIpc) is 3.45. The normalized spacial score (nSPS) is 15.5. The van der Waals surface area contributed by atoms with Gasteiger partial charge >= 0.3 is 5.97 Å². The van der Waals surface area contributed by atoms with Crippen molar-refractivity contribution in [3.8, 4) is 22.9 Å². The van der Waals surface area contributed by atoms with Crippen LogP contribution in [0.1, 0.15) is 31.7 Å². The number of ether oxygens (including phenoxy) is 3. The number of anilines is 1. The van der Waals surface area contributed by atoms with Gasteiger partial charge in [-0.2, -0.15) is 4.98 Å². The summed E-state index contributed by atoms with van der Waals surface area (Å²) in [5.74, 6) is 1.06. The molecule has 1 aliphatic heterocycles. The van der Waals surface area contributed by atoms with E-state index in [1.807, 2.05) is 31.2 Å². The Morgan fingerprint density at radius 1 is 1.15 bits per heavy atom. The van der Waals surface area contributed by atoms with Gasteiger partial charge in [-0.1, -0.05) is 23.4 Å². The molecule has 2 heterocycles. The molecule has 4 rings (SSSR count). The lowest BCUT2D eigenvalue weighted by molar-refractivity contribution is -0.154. The number of carbonyl (C=O) groups is 2. The first-order valence-corrected chi connectivity index (χ1v) is 11.1. The molecule has 9 heteroatoms. The maximum absolute atomic E-state index is 13.0. The van der Waals surface area contributed by atoms with Crippen molar-refractivity contribution in [3.63, 3.8) is 0 Å². The van der Waals surface area contributed by atoms with Crippen molar-refractivity contribution in [2.45, 2.75) is 45.3 Å². The molecule has 34 heavy (non-hydrogen) atoms. The van der Waals surface area contributed by atoms with E-state index in [4.69, 9.17) is 18.7 Å². The summed E-state index contributed by atoms with van der Waals surface area (Å²) in [6.45, 7) is 3.58. The number of amides is 1. The molecule has 0 saturated heterocycles. The van der Waals surface area contributed by atoms with Gasteiger partial charge in [0.15, 0.2) is 17.6 Å². The number of aromatic nitrogens is 2. The Morgan fingerprint density at radius 2 is 1.91 bits per heavy atom. The van der Waals surface area contributed by atoms with Crippen LogP contribution in [-0.2, 0) is 27.2 Å². The van der Waals surface area contributed by atoms with Crippen LogP contribution in [0.2, 0.25) is 0 Å². The number of hydrogen-bond acceptors (Lipinski definition) is 8. The van der Waals surface area contributed by atoms with Crippen LogP contribution in [0.3, 0.4) is 0 Å². The van der Waals surface area contributed by atoms with Crippen LogP contribution >= 0.6 is 0 Å². The van der Waals surface area contributed by atoms with Crippen molar-refractivity contribution in [2.75, 3.05) is 19.1 Å². The molecule has 1 amide bonds. The lowest BCUT2D eigenvalue weighted by atomic mass is 10.1. The standard InChI is InChI=1S/C25H27N3O6/c1-15-13-17-7-5-6-8-19(17)28(15)25(30)16(2)33-23(29)12-11-22-26-24(27-34-22)18-9-10-20(31-3)21(14-18)32-4/h5-10,14-16H,11-13H2,1-4H3. The smallest absolute Gasteiger partial charge is 0.307 e. The van der Waals surface area contributed by atoms with Crippen LogP contribution in [0.5, 0.6) is 11.5 Å². The van der Waals surface area contributed by atoms with Gasteiger partial charge in [0.2, 0.25) is 11.7 Å². The molecule has 3 aromatic rings. The molecule has 0 saturated carbocycles. The van der Waals surface area contributed by atoms with E-state index in [1.54, 1.807) is 44.2 Å². The Kier molecular flexibility index (Phi) is 6.81. The van der Waals surface area contributed by atoms with Gasteiger partial charge in [0.05, 0.1) is 20.6 Å². The first kappa shape index (κ1) is 23.3. The minimum Gasteiger partial charge on any atom is -0.493 e. The quantitative estimate of drug-likeness (QED) is 0.465. The van der Waals surface area contributed by atoms with Crippen molar-refractivity contribution < 1.29 is 28.3 Å². The summed E-state index contributed by atoms with van der Waals surface area (Å²) in [5, 5.41) is 3.97. The molecule has 1 aliphatic rings. The van der Waals surface area contributed by atoms with E-state index < -0.39 is 12.1 Å². The Morgan fingerprint density at radius 3 is 2.68 bits per heavy atom. The van der Waals surface area contributed by atoms with Crippen LogP contribution in [-0.4, -0.2) is 48.4 Å². The number of hydrogen-bond donors (Lipinski definition) is 0. The summed E-state index contributed by atoms with van der Waals surface area (Å²) < 4.78 is 21.2. The molecule has 2 aromatic carbocycles. The highest BCUT2D eigenvalue weighted by Gasteiger charge is 2.34. The molecule has 178 valence electrons. The topological polar surface area (TPSA) is 104 Å². The van der Waals surface area contributed by atoms with E-state index in [0.717, 1.165) is 17.7 Å². The largest absolute Gasteiger partial charge is 0.493 e. The number of benzene rings is 2. The summed E-state index contributed by atoms with van der Waals surface area (Å²) in [4.78, 5) is 31.4. The van der Waals surface area contributed by atoms with Gasteiger partial charge in [-0.3, -0.25) is 9.59 Å². The third-order valence-electron chi connectivity index (χ3n) is 5.75. The minimum absolute atomic E-state index is 0.0112. The van der Waals surface area contributed by atoms with E-state index in [0.29, 0.717) is 28.8 Å². The fourth-order valence-electron chi connectivity index (χ4n) is 4.06. The highest BCUT2D eigenvalue weighted by atomic mass is 16.5. The summed E-state index contributed by atoms with van der Waals surface area (Å²) in [7, 11) is 3.10. The maximum atomic E-state index is 13.0. The molecule has 0 radical (unpaired) electrons. The van der Waals surface area contributed by atoms with Gasteiger partial charge < -0.3 is 23.6 Å². The zero-order valence-corrected chi connectivity index (χ0v) is 19.6. The van der Waals surface area contributed by atoms with E-state index in [2.05, 4.69) is 10.1 Å². The SMILES string of the molecule is COc1ccc(-c2noc(CCC(=O)OC(C)C(=O)N3c4ccccc4CC3C)n2)cc1OC. The Balaban J connectivity index is 1.33. The molecule has 1 aromatic heterocycles. The highest BCUT2D eigenvalue weighted by Crippen LogP contribution is 2.33. The third-order valence-corrected chi connectivity index (χ3v) is 5.75. The highest BCUT2D eigenvalue weighted by molar-refractivity contribution is 5.99. The molecule has 0 bridgehead atoms. The van der Waals surface area contributed by atoms with Gasteiger partial charge in [0.1, 0.15) is 0 Å². The zero-order chi connectivity index (χ0) is 24.2. The Labute approximate surface area is 197 Å². The molecule has 0 fully saturated rings. The van der Waals surface area contributed by atoms with Crippen molar-refractivity contribution in [1.82, 2.24) is 10.1 Å². The summed E-state index contributed by atoms with van der Waals surface area (Å²) >= 11 is 0. The summed E-state index contributed by atoms with van der Waals surface area (Å²) in [6.07, 6.45) is 0.0914. The molecule has 0 aliphatic carbocycles. The van der Waals surface area contributed by atoms with Crippen molar-refractivity contribution in [1.29, 1.82) is 0 Å². The van der Waals surface area contributed by atoms with Crippen molar-refractivity contribution >= 4 is 17.6 Å². The Bertz CT molecular complexity index is 1190. The van der Waals surface area contributed by atoms with Crippen LogP contribution < -0.4 is 14.4 Å². The van der Waals surface area contributed by atoms with Gasteiger partial charge in [-0.15, -0.1) is 0 Å². The van der Waals surface area contributed by atoms with Crippen LogP contribution in [0.25, 0.3) is 11.4 Å². The zero-order valence-electron chi connectivity index (χ0n) is 19.6. The lowest BCUT2D eigenvalue weighted by Crippen LogP contribution is -2.43. The molecular weight excluding hydrogens is 438 g/mol. The summed E-state index contributed by atoms with van der Waals surface area (Å²) in [5.41, 5.74) is 2.68. The molecule has 2 unspecified atom stereocenters. The predicted octanol–water partition coefficient (Wildman–Crippen LogP) is 3.60. The second kappa shape index (κ2) is 9.94. The Hall–Kier alpha value is -3.88. The second-order valence-electron chi connectivity index (χ2n) is 8.10. The number of para-hydroxylation sites is 1. The number of esters is 1. The molecule has 2 atom stereocenters. The number of fused-ring (bicyclic) bond motifs is 1. The number of carbonyl (C=O) groups excluding carboxylic acids is 2. The fraction of sp³-hybridized carbons (Fsp3) is 0.360.